The van der Waals surface area contributed by atoms with E-state index < -0.39 is 5.97 Å². The van der Waals surface area contributed by atoms with Crippen LogP contribution in [-0.4, -0.2) is 48.3 Å². The molecule has 0 radical (unpaired) electrons. The molecule has 4 rings (SSSR count). The molecule has 0 aliphatic carbocycles. The molecule has 3 aliphatic heterocycles. The number of hydrogen-bond donors (Lipinski definition) is 1. The molecule has 3 aliphatic rings. The highest BCUT2D eigenvalue weighted by atomic mass is 32.2. The topological polar surface area (TPSA) is 80.2 Å². The molecule has 2 atom stereocenters. The minimum atomic E-state index is -0.396. The van der Waals surface area contributed by atoms with Crippen LogP contribution in [0.2, 0.25) is 0 Å². The van der Waals surface area contributed by atoms with Gasteiger partial charge in [0.1, 0.15) is 0 Å². The number of aliphatic imine (C=N–C) groups is 1. The van der Waals surface area contributed by atoms with Gasteiger partial charge in [-0.2, -0.15) is 0 Å². The fourth-order valence-electron chi connectivity index (χ4n) is 4.12. The largest absolute Gasteiger partial charge is 0.466 e. The van der Waals surface area contributed by atoms with Gasteiger partial charge in [0.15, 0.2) is 5.17 Å². The Morgan fingerprint density at radius 1 is 1.32 bits per heavy atom. The molecule has 2 unspecified atom stereocenters. The van der Waals surface area contributed by atoms with Crippen LogP contribution < -0.4 is 5.32 Å². The summed E-state index contributed by atoms with van der Waals surface area (Å²) in [4.78, 5) is 32.2. The third kappa shape index (κ3) is 4.55. The summed E-state index contributed by atoms with van der Waals surface area (Å²) in [6, 6.07) is 9.43. The van der Waals surface area contributed by atoms with E-state index in [0.717, 1.165) is 41.6 Å². The molecular formula is C23H27N3O4S. The summed E-state index contributed by atoms with van der Waals surface area (Å²) in [5, 5.41) is 5.71. The maximum atomic E-state index is 12.8. The molecule has 8 heteroatoms. The molecule has 0 spiro atoms. The molecule has 0 bridgehead atoms. The van der Waals surface area contributed by atoms with Crippen molar-refractivity contribution in [2.75, 3.05) is 20.3 Å². The number of amides is 1. The second-order valence-corrected chi connectivity index (χ2v) is 8.46. The van der Waals surface area contributed by atoms with Gasteiger partial charge in [0.05, 0.1) is 36.9 Å². The van der Waals surface area contributed by atoms with Crippen molar-refractivity contribution in [2.45, 2.75) is 44.8 Å². The first-order chi connectivity index (χ1) is 15.1. The molecule has 1 saturated heterocycles. The first-order valence-corrected chi connectivity index (χ1v) is 11.5. The van der Waals surface area contributed by atoms with Gasteiger partial charge in [-0.15, -0.1) is 0 Å². The number of ether oxygens (including phenoxy) is 2. The number of thioether (sulfide) groups is 1. The van der Waals surface area contributed by atoms with Gasteiger partial charge in [-0.05, 0) is 30.2 Å². The van der Waals surface area contributed by atoms with Gasteiger partial charge in [-0.3, -0.25) is 4.79 Å². The number of nitrogens with one attached hydrogen (secondary N) is 1. The molecule has 1 N–H and O–H groups in total. The predicted octanol–water partition coefficient (Wildman–Crippen LogP) is 3.51. The van der Waals surface area contributed by atoms with Gasteiger partial charge in [-0.1, -0.05) is 49.0 Å². The third-order valence-electron chi connectivity index (χ3n) is 5.64. The second-order valence-electron chi connectivity index (χ2n) is 7.63. The first-order valence-electron chi connectivity index (χ1n) is 10.6. The van der Waals surface area contributed by atoms with Crippen LogP contribution in [0.15, 0.2) is 57.7 Å². The Morgan fingerprint density at radius 2 is 2.13 bits per heavy atom. The fraction of sp³-hybridized carbons (Fsp3) is 0.435. The van der Waals surface area contributed by atoms with Crippen LogP contribution in [0.4, 0.5) is 0 Å². The van der Waals surface area contributed by atoms with Crippen LogP contribution in [-0.2, 0) is 19.1 Å². The van der Waals surface area contributed by atoms with Crippen LogP contribution in [0.3, 0.4) is 0 Å². The molecule has 1 aromatic carbocycles. The lowest BCUT2D eigenvalue weighted by Gasteiger charge is -2.36. The second kappa shape index (κ2) is 9.70. The number of rotatable bonds is 7. The van der Waals surface area contributed by atoms with Gasteiger partial charge >= 0.3 is 5.97 Å². The Labute approximate surface area is 186 Å². The van der Waals surface area contributed by atoms with Gasteiger partial charge in [-0.25, -0.2) is 9.79 Å². The number of amidine groups is 1. The number of carbonyl (C=O) groups is 2. The molecule has 1 fully saturated rings. The average Bonchev–Trinajstić information content (AvgIpc) is 3.46. The summed E-state index contributed by atoms with van der Waals surface area (Å²) < 4.78 is 10.7. The number of nitrogens with zero attached hydrogens (tertiary/aromatic N) is 2. The predicted molar refractivity (Wildman–Crippen MR) is 120 cm³/mol. The lowest BCUT2D eigenvalue weighted by molar-refractivity contribution is -0.136. The molecule has 0 saturated carbocycles. The summed E-state index contributed by atoms with van der Waals surface area (Å²) in [6.45, 7) is 3.26. The molecule has 3 heterocycles. The normalized spacial score (nSPS) is 22.7. The van der Waals surface area contributed by atoms with E-state index in [2.05, 4.69) is 5.32 Å². The van der Waals surface area contributed by atoms with Crippen molar-refractivity contribution in [2.24, 2.45) is 4.99 Å². The Morgan fingerprint density at radius 3 is 2.81 bits per heavy atom. The Kier molecular flexibility index (Phi) is 6.77. The molecule has 1 amide bonds. The number of hydrogen-bond acceptors (Lipinski definition) is 7. The lowest BCUT2D eigenvalue weighted by atomic mass is 9.93. The highest BCUT2D eigenvalue weighted by molar-refractivity contribution is 8.16. The van der Waals surface area contributed by atoms with Crippen LogP contribution in [0.5, 0.6) is 0 Å². The number of benzene rings is 1. The van der Waals surface area contributed by atoms with Crippen LogP contribution >= 0.6 is 11.8 Å². The van der Waals surface area contributed by atoms with E-state index in [1.807, 2.05) is 47.6 Å². The number of allylic oxidation sites excluding steroid dienone is 1. The Bertz CT molecular complexity index is 935. The standard InChI is InChI=1S/C23H27N3O4S/c1-3-18-20(22(28)29-2)21(15-8-5-4-6-9-15)26-16(14-31-23(26)25-18)12-19(27)24-13-17-10-7-11-30-17/h4-6,8-9,14,17,21H,3,7,10-13H2,1-2H3,(H,24,27). The maximum Gasteiger partial charge on any atom is 0.338 e. The molecule has 7 nitrogen and oxygen atoms in total. The maximum absolute atomic E-state index is 12.8. The summed E-state index contributed by atoms with van der Waals surface area (Å²) in [7, 11) is 1.39. The number of fused-ring (bicyclic) bond motifs is 1. The molecule has 31 heavy (non-hydrogen) atoms. The Hall–Kier alpha value is -2.58. The minimum Gasteiger partial charge on any atom is -0.466 e. The van der Waals surface area contributed by atoms with E-state index in [0.29, 0.717) is 18.5 Å². The van der Waals surface area contributed by atoms with Crippen LogP contribution in [0.1, 0.15) is 44.2 Å². The fourth-order valence-corrected chi connectivity index (χ4v) is 5.06. The Balaban J connectivity index is 1.60. The average molecular weight is 442 g/mol. The van der Waals surface area contributed by atoms with Crippen LogP contribution in [0.25, 0.3) is 0 Å². The van der Waals surface area contributed by atoms with Gasteiger partial charge in [0.2, 0.25) is 5.91 Å². The van der Waals surface area contributed by atoms with E-state index in [1.165, 1.54) is 18.9 Å². The van der Waals surface area contributed by atoms with E-state index in [-0.39, 0.29) is 24.5 Å². The van der Waals surface area contributed by atoms with E-state index in [9.17, 15) is 9.59 Å². The van der Waals surface area contributed by atoms with Gasteiger partial charge in [0, 0.05) is 18.8 Å². The molecule has 0 aromatic heterocycles. The highest BCUT2D eigenvalue weighted by Crippen LogP contribution is 2.45. The summed E-state index contributed by atoms with van der Waals surface area (Å²) in [6.07, 6.45) is 2.93. The zero-order valence-electron chi connectivity index (χ0n) is 17.8. The number of methoxy groups -OCH3 is 1. The zero-order valence-corrected chi connectivity index (χ0v) is 18.6. The summed E-state index contributed by atoms with van der Waals surface area (Å²) in [5.41, 5.74) is 3.01. The SMILES string of the molecule is CCC1=C(C(=O)OC)C(c2ccccc2)N2C(CC(=O)NCC3CCCO3)=CSC2=N1. The van der Waals surface area contributed by atoms with Crippen molar-refractivity contribution in [3.05, 3.63) is 58.3 Å². The summed E-state index contributed by atoms with van der Waals surface area (Å²) in [5.74, 6) is -0.465. The highest BCUT2D eigenvalue weighted by Gasteiger charge is 2.41. The van der Waals surface area contributed by atoms with Crippen molar-refractivity contribution in [3.8, 4) is 0 Å². The molecule has 164 valence electrons. The van der Waals surface area contributed by atoms with Crippen molar-refractivity contribution in [3.63, 3.8) is 0 Å². The van der Waals surface area contributed by atoms with Crippen molar-refractivity contribution in [1.82, 2.24) is 10.2 Å². The smallest absolute Gasteiger partial charge is 0.338 e. The number of esters is 1. The number of carbonyl (C=O) groups excluding carboxylic acids is 2. The zero-order chi connectivity index (χ0) is 21.8. The van der Waals surface area contributed by atoms with Crippen LogP contribution in [0, 0.1) is 0 Å². The first kappa shape index (κ1) is 21.6. The summed E-state index contributed by atoms with van der Waals surface area (Å²) >= 11 is 1.48. The molecule has 1 aromatic rings. The van der Waals surface area contributed by atoms with Crippen molar-refractivity contribution >= 4 is 28.8 Å². The van der Waals surface area contributed by atoms with Gasteiger partial charge < -0.3 is 19.7 Å². The lowest BCUT2D eigenvalue weighted by Crippen LogP contribution is -2.38. The van der Waals surface area contributed by atoms with Crippen molar-refractivity contribution < 1.29 is 19.1 Å². The van der Waals surface area contributed by atoms with Gasteiger partial charge in [0.25, 0.3) is 0 Å². The monoisotopic (exact) mass is 441 g/mol. The van der Waals surface area contributed by atoms with E-state index >= 15 is 0 Å². The van der Waals surface area contributed by atoms with E-state index in [4.69, 9.17) is 14.5 Å². The minimum absolute atomic E-state index is 0.0692. The third-order valence-corrected chi connectivity index (χ3v) is 6.53. The van der Waals surface area contributed by atoms with E-state index in [1.54, 1.807) is 0 Å². The van der Waals surface area contributed by atoms with Crippen molar-refractivity contribution in [1.29, 1.82) is 0 Å². The quantitative estimate of drug-likeness (QED) is 0.653. The molecular weight excluding hydrogens is 414 g/mol.